The Hall–Kier alpha value is -2.15. The summed E-state index contributed by atoms with van der Waals surface area (Å²) in [5, 5.41) is 9.72. The van der Waals surface area contributed by atoms with Gasteiger partial charge in [-0.25, -0.2) is 4.21 Å². The van der Waals surface area contributed by atoms with Crippen molar-refractivity contribution in [3.05, 3.63) is 36.0 Å². The number of aliphatic carboxylic acids is 1. The van der Waals surface area contributed by atoms with Crippen LogP contribution in [0.5, 0.6) is 0 Å². The molecule has 7 heteroatoms. The smallest absolute Gasteiger partial charge is 0.306 e. The van der Waals surface area contributed by atoms with Gasteiger partial charge < -0.3 is 10.1 Å². The molecule has 0 unspecified atom stereocenters. The summed E-state index contributed by atoms with van der Waals surface area (Å²) in [5.41, 5.74) is 1.24. The van der Waals surface area contributed by atoms with Gasteiger partial charge in [-0.05, 0) is 31.0 Å². The zero-order chi connectivity index (χ0) is 15.7. The van der Waals surface area contributed by atoms with E-state index in [2.05, 4.69) is 9.35 Å². The van der Waals surface area contributed by atoms with E-state index in [1.165, 1.54) is 0 Å². The number of carboxylic acid groups (broad SMARTS) is 1. The Morgan fingerprint density at radius 1 is 1.23 bits per heavy atom. The Morgan fingerprint density at radius 3 is 2.64 bits per heavy atom. The van der Waals surface area contributed by atoms with Crippen LogP contribution in [0, 0.1) is 5.92 Å². The fraction of sp³-hybridized carbons (Fsp3) is 0.333. The van der Waals surface area contributed by atoms with Gasteiger partial charge in [0.15, 0.2) is 0 Å². The van der Waals surface area contributed by atoms with E-state index >= 15 is 0 Å². The second-order valence-corrected chi connectivity index (χ2v) is 7.98. The SMILES string of the molecule is O=C(N=S1(=O)CCC(C(=O)O)CC1)c1cccc2[nH]ccc12. The van der Waals surface area contributed by atoms with Crippen molar-refractivity contribution in [2.45, 2.75) is 12.8 Å². The highest BCUT2D eigenvalue weighted by Gasteiger charge is 2.28. The van der Waals surface area contributed by atoms with Crippen LogP contribution in [0.2, 0.25) is 0 Å². The number of nitrogens with one attached hydrogen (secondary N) is 1. The summed E-state index contributed by atoms with van der Waals surface area (Å²) in [6.07, 6.45) is 2.35. The van der Waals surface area contributed by atoms with E-state index in [-0.39, 0.29) is 11.5 Å². The molecule has 1 aromatic heterocycles. The van der Waals surface area contributed by atoms with Gasteiger partial charge >= 0.3 is 5.97 Å². The quantitative estimate of drug-likeness (QED) is 0.886. The molecule has 1 saturated heterocycles. The number of H-pyrrole nitrogens is 1. The minimum atomic E-state index is -2.65. The summed E-state index contributed by atoms with van der Waals surface area (Å²) in [5.74, 6) is -1.51. The number of nitrogens with zero attached hydrogens (tertiary/aromatic N) is 1. The van der Waals surface area contributed by atoms with Crippen LogP contribution < -0.4 is 0 Å². The van der Waals surface area contributed by atoms with Crippen molar-refractivity contribution >= 4 is 32.5 Å². The Bertz CT molecular complexity index is 847. The molecule has 2 aromatic rings. The van der Waals surface area contributed by atoms with Crippen LogP contribution in [0.15, 0.2) is 34.8 Å². The minimum absolute atomic E-state index is 0.165. The molecule has 6 nitrogen and oxygen atoms in total. The lowest BCUT2D eigenvalue weighted by molar-refractivity contribution is -0.141. The third-order valence-electron chi connectivity index (χ3n) is 3.99. The fourth-order valence-corrected chi connectivity index (χ4v) is 4.80. The zero-order valence-electron chi connectivity index (χ0n) is 11.8. The third kappa shape index (κ3) is 2.76. The Balaban J connectivity index is 1.89. The number of hydrogen-bond donors (Lipinski definition) is 2. The second kappa shape index (κ2) is 5.57. The number of aromatic nitrogens is 1. The number of rotatable bonds is 2. The van der Waals surface area contributed by atoms with Gasteiger partial charge in [-0.1, -0.05) is 6.07 Å². The molecule has 0 spiro atoms. The maximum atomic E-state index is 12.6. The van der Waals surface area contributed by atoms with Crippen molar-refractivity contribution in [2.24, 2.45) is 10.3 Å². The monoisotopic (exact) mass is 320 g/mol. The highest BCUT2D eigenvalue weighted by atomic mass is 32.2. The van der Waals surface area contributed by atoms with Gasteiger partial charge in [-0.2, -0.15) is 4.36 Å². The summed E-state index contributed by atoms with van der Waals surface area (Å²) in [4.78, 5) is 26.3. The van der Waals surface area contributed by atoms with Crippen molar-refractivity contribution in [1.29, 1.82) is 0 Å². The van der Waals surface area contributed by atoms with Crippen molar-refractivity contribution < 1.29 is 18.9 Å². The summed E-state index contributed by atoms with van der Waals surface area (Å²) >= 11 is 0. The number of fused-ring (bicyclic) bond motifs is 1. The Kier molecular flexibility index (Phi) is 3.74. The van der Waals surface area contributed by atoms with Crippen LogP contribution in [0.1, 0.15) is 23.2 Å². The normalized spacial score (nSPS) is 25.0. The number of hydrogen-bond acceptors (Lipinski definition) is 3. The molecule has 2 N–H and O–H groups in total. The molecule has 0 atom stereocenters. The molecule has 1 aliphatic heterocycles. The third-order valence-corrected chi connectivity index (χ3v) is 6.24. The average molecular weight is 320 g/mol. The number of carbonyl (C=O) groups excluding carboxylic acids is 1. The highest BCUT2D eigenvalue weighted by Crippen LogP contribution is 2.23. The van der Waals surface area contributed by atoms with E-state index < -0.39 is 27.5 Å². The lowest BCUT2D eigenvalue weighted by Gasteiger charge is -2.20. The van der Waals surface area contributed by atoms with E-state index in [0.717, 1.165) is 10.9 Å². The molecule has 116 valence electrons. The molecule has 1 aromatic carbocycles. The van der Waals surface area contributed by atoms with Crippen molar-refractivity contribution in [3.63, 3.8) is 0 Å². The second-order valence-electron chi connectivity index (χ2n) is 5.43. The number of carbonyl (C=O) groups is 2. The molecule has 1 amide bonds. The van der Waals surface area contributed by atoms with Crippen molar-refractivity contribution in [2.75, 3.05) is 11.5 Å². The number of benzene rings is 1. The molecule has 0 saturated carbocycles. The van der Waals surface area contributed by atoms with Gasteiger partial charge in [0.25, 0.3) is 5.91 Å². The molecule has 3 rings (SSSR count). The van der Waals surface area contributed by atoms with Crippen LogP contribution in [-0.2, 0) is 14.5 Å². The number of amides is 1. The average Bonchev–Trinajstić information content (AvgIpc) is 2.95. The van der Waals surface area contributed by atoms with Crippen LogP contribution in [0.3, 0.4) is 0 Å². The summed E-state index contributed by atoms with van der Waals surface area (Å²) in [6, 6.07) is 7.04. The van der Waals surface area contributed by atoms with Crippen LogP contribution >= 0.6 is 0 Å². The predicted octanol–water partition coefficient (Wildman–Crippen LogP) is 2.27. The first-order chi connectivity index (χ1) is 10.5. The molecule has 22 heavy (non-hydrogen) atoms. The zero-order valence-corrected chi connectivity index (χ0v) is 12.6. The predicted molar refractivity (Wildman–Crippen MR) is 83.3 cm³/mol. The van der Waals surface area contributed by atoms with E-state index in [9.17, 15) is 13.8 Å². The van der Waals surface area contributed by atoms with Crippen molar-refractivity contribution in [1.82, 2.24) is 4.98 Å². The van der Waals surface area contributed by atoms with E-state index in [1.54, 1.807) is 24.4 Å². The molecule has 1 aliphatic rings. The first kappa shape index (κ1) is 14.8. The topological polar surface area (TPSA) is 99.6 Å². The van der Waals surface area contributed by atoms with Gasteiger partial charge in [0, 0.05) is 28.6 Å². The van der Waals surface area contributed by atoms with E-state index in [4.69, 9.17) is 5.11 Å². The van der Waals surface area contributed by atoms with Crippen LogP contribution in [0.4, 0.5) is 0 Å². The van der Waals surface area contributed by atoms with Crippen molar-refractivity contribution in [3.8, 4) is 0 Å². The molecular weight excluding hydrogens is 304 g/mol. The minimum Gasteiger partial charge on any atom is -0.481 e. The van der Waals surface area contributed by atoms with Gasteiger partial charge in [-0.3, -0.25) is 9.59 Å². The first-order valence-electron chi connectivity index (χ1n) is 7.04. The Morgan fingerprint density at radius 2 is 1.95 bits per heavy atom. The summed E-state index contributed by atoms with van der Waals surface area (Å²) < 4.78 is 16.6. The van der Waals surface area contributed by atoms with Gasteiger partial charge in [0.2, 0.25) is 0 Å². The van der Waals surface area contributed by atoms with E-state index in [1.807, 2.05) is 6.07 Å². The molecule has 0 aliphatic carbocycles. The first-order valence-corrected chi connectivity index (χ1v) is 8.90. The standard InChI is InChI=1S/C15H16N2O4S/c18-14(12-2-1-3-13-11(12)4-7-16-13)17-22(21)8-5-10(6-9-22)15(19)20/h1-4,7,10,16H,5-6,8-9H2,(H,19,20). The van der Waals surface area contributed by atoms with Gasteiger partial charge in [0.05, 0.1) is 21.2 Å². The number of carboxylic acids is 1. The lowest BCUT2D eigenvalue weighted by atomic mass is 10.0. The largest absolute Gasteiger partial charge is 0.481 e. The summed E-state index contributed by atoms with van der Waals surface area (Å²) in [6.45, 7) is 0. The molecule has 1 fully saturated rings. The van der Waals surface area contributed by atoms with E-state index in [0.29, 0.717) is 18.4 Å². The fourth-order valence-electron chi connectivity index (χ4n) is 2.71. The highest BCUT2D eigenvalue weighted by molar-refractivity contribution is 7.93. The maximum absolute atomic E-state index is 12.6. The summed E-state index contributed by atoms with van der Waals surface area (Å²) in [7, 11) is -2.65. The Labute approximate surface area is 127 Å². The molecule has 0 radical (unpaired) electrons. The lowest BCUT2D eigenvalue weighted by Crippen LogP contribution is -2.28. The van der Waals surface area contributed by atoms with Gasteiger partial charge in [-0.15, -0.1) is 0 Å². The maximum Gasteiger partial charge on any atom is 0.306 e. The molecule has 2 heterocycles. The molecule has 0 bridgehead atoms. The van der Waals surface area contributed by atoms with Crippen LogP contribution in [0.25, 0.3) is 10.9 Å². The van der Waals surface area contributed by atoms with Crippen LogP contribution in [-0.4, -0.2) is 37.7 Å². The van der Waals surface area contributed by atoms with Gasteiger partial charge in [0.1, 0.15) is 0 Å². The number of aromatic amines is 1. The molecular formula is C15H16N2O4S.